The number of nitrogens with two attached hydrogens (primary N) is 1. The van der Waals surface area contributed by atoms with Crippen LogP contribution in [0.4, 0.5) is 37.7 Å². The lowest BCUT2D eigenvalue weighted by molar-refractivity contribution is -0.138. The van der Waals surface area contributed by atoms with Gasteiger partial charge in [0, 0.05) is 41.8 Å². The van der Waals surface area contributed by atoms with E-state index >= 15 is 0 Å². The summed E-state index contributed by atoms with van der Waals surface area (Å²) in [6.45, 7) is 5.11. The first-order valence-corrected chi connectivity index (χ1v) is 13.1. The van der Waals surface area contributed by atoms with Crippen LogP contribution in [0, 0.1) is 5.92 Å². The van der Waals surface area contributed by atoms with Gasteiger partial charge in [0.25, 0.3) is 0 Å². The Morgan fingerprint density at radius 2 is 1.73 bits per heavy atom. The highest BCUT2D eigenvalue weighted by molar-refractivity contribution is 6.11. The molecule has 5 nitrogen and oxygen atoms in total. The molecule has 0 unspecified atom stereocenters. The lowest BCUT2D eigenvalue weighted by Gasteiger charge is -2.21. The predicted molar refractivity (Wildman–Crippen MR) is 145 cm³/mol. The highest BCUT2D eigenvalue weighted by Gasteiger charge is 2.34. The number of aromatic nitrogens is 1. The molecule has 40 heavy (non-hydrogen) atoms. The number of rotatable bonds is 10. The van der Waals surface area contributed by atoms with Crippen molar-refractivity contribution in [2.24, 2.45) is 10.9 Å². The molecule has 2 aromatic carbocycles. The van der Waals surface area contributed by atoms with Crippen LogP contribution in [0.3, 0.4) is 0 Å². The van der Waals surface area contributed by atoms with Gasteiger partial charge in [-0.15, -0.1) is 0 Å². The summed E-state index contributed by atoms with van der Waals surface area (Å²) < 4.78 is 79.8. The van der Waals surface area contributed by atoms with Gasteiger partial charge < -0.3 is 16.0 Å². The van der Waals surface area contributed by atoms with Gasteiger partial charge in [-0.3, -0.25) is 9.98 Å². The summed E-state index contributed by atoms with van der Waals surface area (Å²) in [4.78, 5) is 11.0. The molecule has 214 valence electrons. The maximum absolute atomic E-state index is 13.6. The van der Waals surface area contributed by atoms with Crippen molar-refractivity contribution in [3.8, 4) is 11.3 Å². The molecule has 1 aliphatic carbocycles. The highest BCUT2D eigenvalue weighted by atomic mass is 19.4. The molecular weight excluding hydrogens is 532 g/mol. The molecule has 1 saturated carbocycles. The molecule has 1 aliphatic rings. The number of amidine groups is 1. The summed E-state index contributed by atoms with van der Waals surface area (Å²) >= 11 is 0. The number of nitrogen functional groups attached to an aromatic ring is 1. The number of anilines is 2. The second-order valence-corrected chi connectivity index (χ2v) is 9.87. The van der Waals surface area contributed by atoms with Crippen LogP contribution in [-0.2, 0) is 12.4 Å². The lowest BCUT2D eigenvalue weighted by Crippen LogP contribution is -2.30. The molecule has 11 heteroatoms. The quantitative estimate of drug-likeness (QED) is 0.117. The van der Waals surface area contributed by atoms with Crippen molar-refractivity contribution < 1.29 is 26.3 Å². The molecule has 0 radical (unpaired) electrons. The number of alkyl halides is 6. The monoisotopic (exact) mass is 563 g/mol. The molecule has 0 aliphatic heterocycles. The van der Waals surface area contributed by atoms with E-state index in [1.165, 1.54) is 49.4 Å². The molecule has 1 heterocycles. The molecule has 0 atom stereocenters. The van der Waals surface area contributed by atoms with Crippen molar-refractivity contribution in [2.75, 3.05) is 37.2 Å². The van der Waals surface area contributed by atoms with E-state index in [4.69, 9.17) is 10.7 Å². The maximum Gasteiger partial charge on any atom is 0.418 e. The minimum atomic E-state index is -4.60. The van der Waals surface area contributed by atoms with Gasteiger partial charge in [-0.2, -0.15) is 26.3 Å². The normalized spacial score (nSPS) is 14.6. The zero-order valence-electron chi connectivity index (χ0n) is 22.0. The maximum atomic E-state index is 13.6. The Hall–Kier alpha value is -3.60. The van der Waals surface area contributed by atoms with E-state index in [1.807, 2.05) is 0 Å². The van der Waals surface area contributed by atoms with Crippen LogP contribution in [0.25, 0.3) is 11.3 Å². The van der Waals surface area contributed by atoms with Crippen molar-refractivity contribution in [1.82, 2.24) is 9.88 Å². The van der Waals surface area contributed by atoms with Crippen molar-refractivity contribution in [3.63, 3.8) is 0 Å². The van der Waals surface area contributed by atoms with Gasteiger partial charge in [0.05, 0.1) is 23.4 Å². The van der Waals surface area contributed by atoms with Gasteiger partial charge in [0.2, 0.25) is 0 Å². The Balaban J connectivity index is 1.63. The summed E-state index contributed by atoms with van der Waals surface area (Å²) in [5, 5.41) is 3.06. The van der Waals surface area contributed by atoms with Gasteiger partial charge >= 0.3 is 12.4 Å². The number of aliphatic imine (C=N–C) groups is 1. The van der Waals surface area contributed by atoms with E-state index in [9.17, 15) is 26.3 Å². The van der Waals surface area contributed by atoms with Crippen LogP contribution in [0.1, 0.15) is 42.9 Å². The molecular formula is C29H31F6N5. The second kappa shape index (κ2) is 12.3. The fourth-order valence-electron chi connectivity index (χ4n) is 4.44. The van der Waals surface area contributed by atoms with Crippen LogP contribution in [0.5, 0.6) is 0 Å². The summed E-state index contributed by atoms with van der Waals surface area (Å²) in [7, 11) is 0. The third kappa shape index (κ3) is 7.74. The Labute approximate surface area is 229 Å². The van der Waals surface area contributed by atoms with Crippen LogP contribution < -0.4 is 11.1 Å². The largest absolute Gasteiger partial charge is 0.418 e. The Bertz CT molecular complexity index is 1310. The number of pyridine rings is 1. The smallest absolute Gasteiger partial charge is 0.398 e. The third-order valence-electron chi connectivity index (χ3n) is 6.61. The fraction of sp³-hybridized carbons (Fsp3) is 0.379. The molecule has 1 aromatic heterocycles. The van der Waals surface area contributed by atoms with Crippen molar-refractivity contribution in [2.45, 2.75) is 38.5 Å². The number of nitrogens with zero attached hydrogens (tertiary/aromatic N) is 3. The van der Waals surface area contributed by atoms with Crippen LogP contribution in [0.15, 0.2) is 65.8 Å². The summed E-state index contributed by atoms with van der Waals surface area (Å²) in [6, 6.07) is 11.1. The van der Waals surface area contributed by atoms with Crippen molar-refractivity contribution in [3.05, 3.63) is 77.5 Å². The van der Waals surface area contributed by atoms with E-state index in [0.717, 1.165) is 37.7 Å². The zero-order chi connectivity index (χ0) is 28.9. The Morgan fingerprint density at radius 3 is 2.33 bits per heavy atom. The number of nitrogens with one attached hydrogen (secondary N) is 1. The standard InChI is InChI=1S/C29H31F6N5/c1-2-15-40(18-19-5-6-19)16-14-38-27(39-22-10-8-21(9-11-22)28(30,31)32)23-12-7-20(17-25(23)36)26-24(29(33,34)35)4-3-13-37-26/h3-4,7-13,17,19H,2,5-6,14-16,18,36H2,1H3,(H,38,39). The van der Waals surface area contributed by atoms with E-state index in [0.29, 0.717) is 36.1 Å². The van der Waals surface area contributed by atoms with Crippen LogP contribution in [0.2, 0.25) is 0 Å². The number of hydrogen-bond donors (Lipinski definition) is 2. The van der Waals surface area contributed by atoms with Gasteiger partial charge in [-0.05, 0) is 80.3 Å². The molecule has 1 fully saturated rings. The minimum absolute atomic E-state index is 0.151. The van der Waals surface area contributed by atoms with Gasteiger partial charge in [-0.1, -0.05) is 13.0 Å². The first-order chi connectivity index (χ1) is 19.0. The number of halogens is 6. The summed E-state index contributed by atoms with van der Waals surface area (Å²) in [6.07, 6.45) is -4.36. The average molecular weight is 564 g/mol. The van der Waals surface area contributed by atoms with Gasteiger partial charge in [0.1, 0.15) is 5.84 Å². The lowest BCUT2D eigenvalue weighted by atomic mass is 10.0. The van der Waals surface area contributed by atoms with Crippen molar-refractivity contribution in [1.29, 1.82) is 0 Å². The molecule has 4 rings (SSSR count). The highest BCUT2D eigenvalue weighted by Crippen LogP contribution is 2.37. The number of hydrogen-bond acceptors (Lipinski definition) is 4. The van der Waals surface area contributed by atoms with E-state index in [1.54, 1.807) is 6.07 Å². The topological polar surface area (TPSA) is 66.5 Å². The van der Waals surface area contributed by atoms with E-state index in [2.05, 4.69) is 22.1 Å². The third-order valence-corrected chi connectivity index (χ3v) is 6.61. The molecule has 3 aromatic rings. The van der Waals surface area contributed by atoms with E-state index < -0.39 is 23.5 Å². The second-order valence-electron chi connectivity index (χ2n) is 9.87. The van der Waals surface area contributed by atoms with Crippen LogP contribution in [-0.4, -0.2) is 41.9 Å². The first-order valence-electron chi connectivity index (χ1n) is 13.1. The predicted octanol–water partition coefficient (Wildman–Crippen LogP) is 7.35. The number of benzene rings is 2. The Morgan fingerprint density at radius 1 is 1.00 bits per heavy atom. The summed E-state index contributed by atoms with van der Waals surface area (Å²) in [5.41, 5.74) is 5.51. The molecule has 0 saturated heterocycles. The average Bonchev–Trinajstić information content (AvgIpc) is 3.71. The molecule has 0 amide bonds. The molecule has 0 bridgehead atoms. The SMILES string of the molecule is CCCN(CCN=C(Nc1ccc(C(F)(F)F)cc1)c1ccc(-c2ncccc2C(F)(F)F)cc1N)CC1CC1. The minimum Gasteiger partial charge on any atom is -0.398 e. The van der Waals surface area contributed by atoms with Gasteiger partial charge in [0.15, 0.2) is 0 Å². The summed E-state index contributed by atoms with van der Waals surface area (Å²) in [5.74, 6) is 1.01. The first kappa shape index (κ1) is 29.4. The van der Waals surface area contributed by atoms with E-state index in [-0.39, 0.29) is 16.9 Å². The fourth-order valence-corrected chi connectivity index (χ4v) is 4.44. The molecule has 3 N–H and O–H groups in total. The Kier molecular flexibility index (Phi) is 9.02. The molecule has 0 spiro atoms. The van der Waals surface area contributed by atoms with Crippen molar-refractivity contribution >= 4 is 17.2 Å². The van der Waals surface area contributed by atoms with Gasteiger partial charge in [-0.25, -0.2) is 0 Å². The van der Waals surface area contributed by atoms with Crippen LogP contribution >= 0.6 is 0 Å². The zero-order valence-corrected chi connectivity index (χ0v) is 22.0.